The van der Waals surface area contributed by atoms with Crippen LogP contribution in [0.15, 0.2) is 17.6 Å². The zero-order valence-corrected chi connectivity index (χ0v) is 11.3. The molecule has 0 bridgehead atoms. The second-order valence-corrected chi connectivity index (χ2v) is 4.91. The molecule has 2 heterocycles. The lowest BCUT2D eigenvalue weighted by molar-refractivity contribution is 0.416. The Morgan fingerprint density at radius 3 is 3.00 bits per heavy atom. The van der Waals surface area contributed by atoms with E-state index in [0.717, 1.165) is 22.9 Å². The molecule has 0 aromatic carbocycles. The molecule has 4 nitrogen and oxygen atoms in total. The van der Waals surface area contributed by atoms with E-state index in [4.69, 9.17) is 22.1 Å². The highest BCUT2D eigenvalue weighted by atomic mass is 35.5. The molecule has 17 heavy (non-hydrogen) atoms. The third-order valence-corrected chi connectivity index (χ3v) is 3.85. The van der Waals surface area contributed by atoms with Gasteiger partial charge in [0.05, 0.1) is 30.1 Å². The van der Waals surface area contributed by atoms with Gasteiger partial charge in [0.1, 0.15) is 5.75 Å². The summed E-state index contributed by atoms with van der Waals surface area (Å²) in [5.74, 6) is 0.819. The molecule has 0 saturated heterocycles. The van der Waals surface area contributed by atoms with Gasteiger partial charge in [0.15, 0.2) is 0 Å². The van der Waals surface area contributed by atoms with Gasteiger partial charge in [-0.3, -0.25) is 4.68 Å². The predicted octanol–water partition coefficient (Wildman–Crippen LogP) is 2.67. The number of rotatable bonds is 4. The number of methoxy groups -OCH3 is 1. The second kappa shape index (κ2) is 5.08. The van der Waals surface area contributed by atoms with Crippen molar-refractivity contribution < 1.29 is 4.74 Å². The van der Waals surface area contributed by atoms with Crippen molar-refractivity contribution in [1.82, 2.24) is 9.78 Å². The van der Waals surface area contributed by atoms with Gasteiger partial charge in [-0.25, -0.2) is 0 Å². The largest absolute Gasteiger partial charge is 0.496 e. The van der Waals surface area contributed by atoms with Crippen molar-refractivity contribution in [3.8, 4) is 5.75 Å². The summed E-state index contributed by atoms with van der Waals surface area (Å²) in [4.78, 5) is 1.01. The monoisotopic (exact) mass is 271 g/mol. The third kappa shape index (κ3) is 2.31. The van der Waals surface area contributed by atoms with Crippen molar-refractivity contribution in [3.05, 3.63) is 33.2 Å². The van der Waals surface area contributed by atoms with Crippen LogP contribution in [0.4, 0.5) is 0 Å². The van der Waals surface area contributed by atoms with Gasteiger partial charge in [-0.2, -0.15) is 5.10 Å². The molecule has 0 aliphatic heterocycles. The van der Waals surface area contributed by atoms with Crippen molar-refractivity contribution in [2.45, 2.75) is 19.5 Å². The van der Waals surface area contributed by atoms with Crippen LogP contribution in [0.2, 0.25) is 5.02 Å². The van der Waals surface area contributed by atoms with Crippen LogP contribution >= 0.6 is 22.9 Å². The number of hydrogen-bond donors (Lipinski definition) is 1. The van der Waals surface area contributed by atoms with Gasteiger partial charge in [0.2, 0.25) is 0 Å². The summed E-state index contributed by atoms with van der Waals surface area (Å²) in [5.41, 5.74) is 7.06. The van der Waals surface area contributed by atoms with Gasteiger partial charge < -0.3 is 10.5 Å². The number of hydrogen-bond acceptors (Lipinski definition) is 4. The molecule has 1 unspecified atom stereocenters. The molecule has 0 saturated carbocycles. The first-order chi connectivity index (χ1) is 8.17. The van der Waals surface area contributed by atoms with Crippen LogP contribution in [0, 0.1) is 0 Å². The van der Waals surface area contributed by atoms with Crippen LogP contribution < -0.4 is 10.5 Å². The summed E-state index contributed by atoms with van der Waals surface area (Å²) < 4.78 is 6.97. The lowest BCUT2D eigenvalue weighted by Gasteiger charge is -2.12. The molecule has 0 amide bonds. The number of thiophene rings is 1. The molecule has 0 aliphatic rings. The van der Waals surface area contributed by atoms with Crippen LogP contribution in [-0.2, 0) is 6.54 Å². The maximum atomic E-state index is 6.22. The van der Waals surface area contributed by atoms with Crippen LogP contribution in [0.1, 0.15) is 23.5 Å². The average molecular weight is 272 g/mol. The average Bonchev–Trinajstić information content (AvgIpc) is 2.94. The van der Waals surface area contributed by atoms with Gasteiger partial charge in [0, 0.05) is 16.8 Å². The van der Waals surface area contributed by atoms with Crippen molar-refractivity contribution in [3.63, 3.8) is 0 Å². The molecular weight excluding hydrogens is 258 g/mol. The summed E-state index contributed by atoms with van der Waals surface area (Å²) in [6, 6.07) is 1.66. The zero-order valence-electron chi connectivity index (χ0n) is 9.68. The van der Waals surface area contributed by atoms with Crippen molar-refractivity contribution in [1.29, 1.82) is 0 Å². The first kappa shape index (κ1) is 12.4. The van der Waals surface area contributed by atoms with E-state index in [0.29, 0.717) is 5.02 Å². The SMILES string of the molecule is CCn1ncc(Cl)c1C(N)c1cc(OC)cs1. The Bertz CT molecular complexity index is 509. The fourth-order valence-corrected chi connectivity index (χ4v) is 2.79. The highest BCUT2D eigenvalue weighted by molar-refractivity contribution is 7.10. The fourth-order valence-electron chi connectivity index (χ4n) is 1.67. The van der Waals surface area contributed by atoms with Crippen molar-refractivity contribution in [2.75, 3.05) is 7.11 Å². The molecule has 0 fully saturated rings. The molecule has 2 aromatic heterocycles. The summed E-state index contributed by atoms with van der Waals surface area (Å²) in [7, 11) is 1.64. The van der Waals surface area contributed by atoms with E-state index in [9.17, 15) is 0 Å². The number of ether oxygens (including phenoxy) is 1. The molecule has 1 atom stereocenters. The summed E-state index contributed by atoms with van der Waals surface area (Å²) in [5, 5.41) is 6.72. The maximum Gasteiger partial charge on any atom is 0.129 e. The lowest BCUT2D eigenvalue weighted by atomic mass is 10.2. The highest BCUT2D eigenvalue weighted by Crippen LogP contribution is 2.32. The second-order valence-electron chi connectivity index (χ2n) is 3.56. The van der Waals surface area contributed by atoms with E-state index in [1.165, 1.54) is 0 Å². The first-order valence-electron chi connectivity index (χ1n) is 5.26. The topological polar surface area (TPSA) is 53.1 Å². The first-order valence-corrected chi connectivity index (χ1v) is 6.52. The molecule has 92 valence electrons. The third-order valence-electron chi connectivity index (χ3n) is 2.57. The van der Waals surface area contributed by atoms with E-state index in [1.807, 2.05) is 23.1 Å². The van der Waals surface area contributed by atoms with Crippen LogP contribution in [-0.4, -0.2) is 16.9 Å². The molecule has 2 rings (SSSR count). The lowest BCUT2D eigenvalue weighted by Crippen LogP contribution is -2.16. The van der Waals surface area contributed by atoms with Gasteiger partial charge in [-0.15, -0.1) is 11.3 Å². The van der Waals surface area contributed by atoms with Crippen molar-refractivity contribution >= 4 is 22.9 Å². The number of halogens is 1. The predicted molar refractivity (Wildman–Crippen MR) is 69.8 cm³/mol. The minimum atomic E-state index is -0.265. The quantitative estimate of drug-likeness (QED) is 0.930. The minimum absolute atomic E-state index is 0.265. The molecule has 2 aromatic rings. The summed E-state index contributed by atoms with van der Waals surface area (Å²) >= 11 is 7.68. The van der Waals surface area contributed by atoms with E-state index >= 15 is 0 Å². The van der Waals surface area contributed by atoms with Gasteiger partial charge in [0.25, 0.3) is 0 Å². The smallest absolute Gasteiger partial charge is 0.129 e. The Labute approximate surface area is 109 Å². The summed E-state index contributed by atoms with van der Waals surface area (Å²) in [6.07, 6.45) is 1.63. The summed E-state index contributed by atoms with van der Waals surface area (Å²) in [6.45, 7) is 2.76. The number of aryl methyl sites for hydroxylation is 1. The fraction of sp³-hybridized carbons (Fsp3) is 0.364. The van der Waals surface area contributed by atoms with Crippen LogP contribution in [0.25, 0.3) is 0 Å². The molecular formula is C11H14ClN3OS. The number of nitrogens with zero attached hydrogens (tertiary/aromatic N) is 2. The number of aromatic nitrogens is 2. The standard InChI is InChI=1S/C11H14ClN3OS/c1-3-15-11(8(12)5-14-15)10(13)9-4-7(16-2)6-17-9/h4-6,10H,3,13H2,1-2H3. The normalized spacial score (nSPS) is 12.7. The van der Waals surface area contributed by atoms with Crippen LogP contribution in [0.3, 0.4) is 0 Å². The Morgan fingerprint density at radius 2 is 2.41 bits per heavy atom. The van der Waals surface area contributed by atoms with Gasteiger partial charge in [-0.1, -0.05) is 11.6 Å². The van der Waals surface area contributed by atoms with E-state index in [1.54, 1.807) is 24.6 Å². The molecule has 0 radical (unpaired) electrons. The minimum Gasteiger partial charge on any atom is -0.496 e. The number of nitrogens with two attached hydrogens (primary N) is 1. The van der Waals surface area contributed by atoms with E-state index < -0.39 is 0 Å². The van der Waals surface area contributed by atoms with Crippen molar-refractivity contribution in [2.24, 2.45) is 5.73 Å². The maximum absolute atomic E-state index is 6.22. The van der Waals surface area contributed by atoms with E-state index in [2.05, 4.69) is 5.10 Å². The highest BCUT2D eigenvalue weighted by Gasteiger charge is 2.19. The Hall–Kier alpha value is -1.04. The molecule has 0 aliphatic carbocycles. The van der Waals surface area contributed by atoms with E-state index in [-0.39, 0.29) is 6.04 Å². The Balaban J connectivity index is 2.35. The van der Waals surface area contributed by atoms with Gasteiger partial charge >= 0.3 is 0 Å². The Morgan fingerprint density at radius 1 is 1.65 bits per heavy atom. The van der Waals surface area contributed by atoms with Gasteiger partial charge in [-0.05, 0) is 13.0 Å². The molecule has 0 spiro atoms. The van der Waals surface area contributed by atoms with Crippen LogP contribution in [0.5, 0.6) is 5.75 Å². The zero-order chi connectivity index (χ0) is 12.4. The molecule has 2 N–H and O–H groups in total. The Kier molecular flexibility index (Phi) is 3.71. The molecule has 6 heteroatoms.